The quantitative estimate of drug-likeness (QED) is 0.859. The first-order valence-corrected chi connectivity index (χ1v) is 6.63. The van der Waals surface area contributed by atoms with Crippen LogP contribution in [0.1, 0.15) is 18.4 Å². The molecule has 1 aromatic heterocycles. The summed E-state index contributed by atoms with van der Waals surface area (Å²) in [4.78, 5) is 11.5. The summed E-state index contributed by atoms with van der Waals surface area (Å²) >= 11 is 0. The summed E-state index contributed by atoms with van der Waals surface area (Å²) in [6.45, 7) is 3.64. The van der Waals surface area contributed by atoms with Crippen LogP contribution in [0.3, 0.4) is 0 Å². The molecule has 1 N–H and O–H groups in total. The third kappa shape index (κ3) is 2.63. The molecule has 4 nitrogen and oxygen atoms in total. The number of benzene rings is 1. The van der Waals surface area contributed by atoms with Crippen molar-refractivity contribution in [2.45, 2.75) is 25.8 Å². The molecule has 1 atom stereocenters. The van der Waals surface area contributed by atoms with Gasteiger partial charge in [0.1, 0.15) is 17.9 Å². The molecule has 1 fully saturated rings. The van der Waals surface area contributed by atoms with Crippen LogP contribution < -0.4 is 15.7 Å². The lowest BCUT2D eigenvalue weighted by Gasteiger charge is -2.13. The summed E-state index contributed by atoms with van der Waals surface area (Å²) in [7, 11) is 0. The first-order chi connectivity index (χ1) is 9.22. The SMILES string of the molecule is Cc1ccc2oc(=O)cc(OCC3CCCN3)c2c1. The molecule has 19 heavy (non-hydrogen) atoms. The van der Waals surface area contributed by atoms with E-state index in [1.807, 2.05) is 25.1 Å². The second-order valence-electron chi connectivity index (χ2n) is 5.03. The average Bonchev–Trinajstić information content (AvgIpc) is 2.89. The molecule has 1 aliphatic heterocycles. The summed E-state index contributed by atoms with van der Waals surface area (Å²) in [5.74, 6) is 0.614. The molecule has 0 radical (unpaired) electrons. The minimum absolute atomic E-state index is 0.370. The van der Waals surface area contributed by atoms with E-state index < -0.39 is 0 Å². The van der Waals surface area contributed by atoms with Crippen LogP contribution in [0, 0.1) is 6.92 Å². The van der Waals surface area contributed by atoms with Crippen LogP contribution in [0.4, 0.5) is 0 Å². The normalized spacial score (nSPS) is 18.9. The number of hydrogen-bond acceptors (Lipinski definition) is 4. The number of ether oxygens (including phenoxy) is 1. The Labute approximate surface area is 111 Å². The van der Waals surface area contributed by atoms with E-state index in [2.05, 4.69) is 5.32 Å². The molecule has 1 aliphatic rings. The molecule has 1 unspecified atom stereocenters. The molecule has 0 spiro atoms. The van der Waals surface area contributed by atoms with Gasteiger partial charge in [0.15, 0.2) is 0 Å². The van der Waals surface area contributed by atoms with E-state index in [4.69, 9.17) is 9.15 Å². The van der Waals surface area contributed by atoms with Gasteiger partial charge in [-0.05, 0) is 38.4 Å². The summed E-state index contributed by atoms with van der Waals surface area (Å²) in [5.41, 5.74) is 1.32. The standard InChI is InChI=1S/C15H17NO3/c1-10-4-5-13-12(7-10)14(8-15(17)19-13)18-9-11-3-2-6-16-11/h4-5,7-8,11,16H,2-3,6,9H2,1H3. The highest BCUT2D eigenvalue weighted by molar-refractivity contribution is 5.83. The average molecular weight is 259 g/mol. The number of fused-ring (bicyclic) bond motifs is 1. The first-order valence-electron chi connectivity index (χ1n) is 6.63. The van der Waals surface area contributed by atoms with Crippen molar-refractivity contribution in [2.75, 3.05) is 13.2 Å². The molecule has 3 rings (SSSR count). The van der Waals surface area contributed by atoms with Crippen molar-refractivity contribution < 1.29 is 9.15 Å². The summed E-state index contributed by atoms with van der Waals surface area (Å²) in [5, 5.41) is 4.23. The lowest BCUT2D eigenvalue weighted by Crippen LogP contribution is -2.28. The van der Waals surface area contributed by atoms with Crippen molar-refractivity contribution in [3.05, 3.63) is 40.2 Å². The summed E-state index contributed by atoms with van der Waals surface area (Å²) < 4.78 is 11.0. The van der Waals surface area contributed by atoms with Crippen molar-refractivity contribution in [3.8, 4) is 5.75 Å². The highest BCUT2D eigenvalue weighted by atomic mass is 16.5. The summed E-state index contributed by atoms with van der Waals surface area (Å²) in [6.07, 6.45) is 2.31. The molecule has 0 bridgehead atoms. The van der Waals surface area contributed by atoms with Gasteiger partial charge < -0.3 is 14.5 Å². The van der Waals surface area contributed by atoms with Crippen LogP contribution in [0.15, 0.2) is 33.5 Å². The van der Waals surface area contributed by atoms with Gasteiger partial charge in [-0.3, -0.25) is 0 Å². The van der Waals surface area contributed by atoms with E-state index >= 15 is 0 Å². The topological polar surface area (TPSA) is 51.5 Å². The van der Waals surface area contributed by atoms with Gasteiger partial charge in [-0.2, -0.15) is 0 Å². The predicted molar refractivity (Wildman–Crippen MR) is 73.7 cm³/mol. The predicted octanol–water partition coefficient (Wildman–Crippen LogP) is 2.23. The molecular formula is C15H17NO3. The minimum atomic E-state index is -0.370. The van der Waals surface area contributed by atoms with E-state index in [0.717, 1.165) is 23.9 Å². The third-order valence-corrected chi connectivity index (χ3v) is 3.46. The zero-order chi connectivity index (χ0) is 13.2. The molecule has 0 amide bonds. The van der Waals surface area contributed by atoms with E-state index in [-0.39, 0.29) is 5.63 Å². The monoisotopic (exact) mass is 259 g/mol. The zero-order valence-corrected chi connectivity index (χ0v) is 10.9. The van der Waals surface area contributed by atoms with Gasteiger partial charge >= 0.3 is 5.63 Å². The first kappa shape index (κ1) is 12.2. The second-order valence-corrected chi connectivity index (χ2v) is 5.03. The fraction of sp³-hybridized carbons (Fsp3) is 0.400. The van der Waals surface area contributed by atoms with Gasteiger partial charge in [-0.15, -0.1) is 0 Å². The molecule has 1 saturated heterocycles. The molecule has 4 heteroatoms. The molecule has 100 valence electrons. The highest BCUT2D eigenvalue weighted by Crippen LogP contribution is 2.25. The molecule has 0 aliphatic carbocycles. The van der Waals surface area contributed by atoms with Gasteiger partial charge in [0.2, 0.25) is 0 Å². The van der Waals surface area contributed by atoms with E-state index in [1.54, 1.807) is 0 Å². The van der Waals surface area contributed by atoms with Crippen LogP contribution in [0.2, 0.25) is 0 Å². The molecule has 0 saturated carbocycles. The van der Waals surface area contributed by atoms with Crippen LogP contribution in [0.5, 0.6) is 5.75 Å². The minimum Gasteiger partial charge on any atom is -0.491 e. The largest absolute Gasteiger partial charge is 0.491 e. The van der Waals surface area contributed by atoms with Crippen molar-refractivity contribution in [1.82, 2.24) is 5.32 Å². The van der Waals surface area contributed by atoms with Crippen LogP contribution in [0.25, 0.3) is 11.0 Å². The van der Waals surface area contributed by atoms with Crippen molar-refractivity contribution in [2.24, 2.45) is 0 Å². The lowest BCUT2D eigenvalue weighted by molar-refractivity contribution is 0.278. The van der Waals surface area contributed by atoms with Gasteiger partial charge in [-0.1, -0.05) is 11.6 Å². The Morgan fingerprint density at radius 3 is 3.11 bits per heavy atom. The Morgan fingerprint density at radius 1 is 1.42 bits per heavy atom. The maximum absolute atomic E-state index is 11.5. The fourth-order valence-electron chi connectivity index (χ4n) is 2.46. The van der Waals surface area contributed by atoms with Crippen LogP contribution in [-0.2, 0) is 0 Å². The molecule has 1 aromatic carbocycles. The van der Waals surface area contributed by atoms with E-state index in [0.29, 0.717) is 24.0 Å². The van der Waals surface area contributed by atoms with E-state index in [9.17, 15) is 4.79 Å². The number of nitrogens with one attached hydrogen (secondary N) is 1. The van der Waals surface area contributed by atoms with Crippen LogP contribution in [-0.4, -0.2) is 19.2 Å². The van der Waals surface area contributed by atoms with Gasteiger partial charge in [0.25, 0.3) is 0 Å². The molecule has 2 aromatic rings. The zero-order valence-electron chi connectivity index (χ0n) is 10.9. The van der Waals surface area contributed by atoms with E-state index in [1.165, 1.54) is 12.5 Å². The van der Waals surface area contributed by atoms with Crippen molar-refractivity contribution in [3.63, 3.8) is 0 Å². The summed E-state index contributed by atoms with van der Waals surface area (Å²) in [6, 6.07) is 7.53. The number of aryl methyl sites for hydroxylation is 1. The lowest BCUT2D eigenvalue weighted by atomic mass is 10.1. The van der Waals surface area contributed by atoms with Crippen molar-refractivity contribution in [1.29, 1.82) is 0 Å². The molecule has 2 heterocycles. The third-order valence-electron chi connectivity index (χ3n) is 3.46. The van der Waals surface area contributed by atoms with Gasteiger partial charge in [0.05, 0.1) is 11.5 Å². The van der Waals surface area contributed by atoms with Crippen molar-refractivity contribution >= 4 is 11.0 Å². The van der Waals surface area contributed by atoms with Gasteiger partial charge in [0, 0.05) is 6.04 Å². The fourth-order valence-corrected chi connectivity index (χ4v) is 2.46. The Morgan fingerprint density at radius 2 is 2.32 bits per heavy atom. The number of rotatable bonds is 3. The Balaban J connectivity index is 1.92. The second kappa shape index (κ2) is 5.05. The smallest absolute Gasteiger partial charge is 0.339 e. The maximum Gasteiger partial charge on any atom is 0.339 e. The number of hydrogen-bond donors (Lipinski definition) is 1. The Hall–Kier alpha value is -1.81. The van der Waals surface area contributed by atoms with Crippen LogP contribution >= 0.6 is 0 Å². The highest BCUT2D eigenvalue weighted by Gasteiger charge is 2.15. The Bertz CT molecular complexity index is 641. The van der Waals surface area contributed by atoms with Gasteiger partial charge in [-0.25, -0.2) is 4.79 Å². The molecular weight excluding hydrogens is 242 g/mol. The Kier molecular flexibility index (Phi) is 3.25. The maximum atomic E-state index is 11.5.